The van der Waals surface area contributed by atoms with Crippen molar-refractivity contribution in [1.82, 2.24) is 9.78 Å². The molecule has 41 heavy (non-hydrogen) atoms. The lowest BCUT2D eigenvalue weighted by molar-refractivity contribution is -0.118. The van der Waals surface area contributed by atoms with Gasteiger partial charge in [0.2, 0.25) is 5.91 Å². The van der Waals surface area contributed by atoms with Gasteiger partial charge in [-0.3, -0.25) is 4.79 Å². The third kappa shape index (κ3) is 3.90. The molecule has 7 rings (SSSR count). The fourth-order valence-electron chi connectivity index (χ4n) is 6.02. The predicted molar refractivity (Wildman–Crippen MR) is 152 cm³/mol. The highest BCUT2D eigenvalue weighted by molar-refractivity contribution is 6.10. The van der Waals surface area contributed by atoms with Gasteiger partial charge in [-0.05, 0) is 76.7 Å². The number of carboxylic acids is 1. The van der Waals surface area contributed by atoms with Crippen molar-refractivity contribution in [3.8, 4) is 33.7 Å². The molecule has 1 fully saturated rings. The number of amides is 1. The molecule has 2 atom stereocenters. The number of nitrogens with one attached hydrogen (secondary N) is 1. The minimum Gasteiger partial charge on any atom is -0.496 e. The molecule has 1 amide bonds. The van der Waals surface area contributed by atoms with Gasteiger partial charge in [-0.15, -0.1) is 0 Å². The number of carboxylic acid groups (broad SMARTS) is 1. The van der Waals surface area contributed by atoms with Crippen LogP contribution in [0.25, 0.3) is 27.9 Å². The summed E-state index contributed by atoms with van der Waals surface area (Å²) in [6.45, 7) is 0. The van der Waals surface area contributed by atoms with Crippen LogP contribution in [0.1, 0.15) is 33.8 Å². The van der Waals surface area contributed by atoms with Crippen molar-refractivity contribution < 1.29 is 23.8 Å². The summed E-state index contributed by atoms with van der Waals surface area (Å²) in [5.74, 6) is -1.69. The number of benzene rings is 4. The topological polar surface area (TPSA) is 93.5 Å². The Kier molecular flexibility index (Phi) is 5.54. The van der Waals surface area contributed by atoms with Crippen molar-refractivity contribution in [2.75, 3.05) is 12.4 Å². The Morgan fingerprint density at radius 2 is 1.73 bits per heavy atom. The molecule has 2 aliphatic rings. The first kappa shape index (κ1) is 24.8. The van der Waals surface area contributed by atoms with Gasteiger partial charge < -0.3 is 15.2 Å². The normalized spacial score (nSPS) is 18.7. The second kappa shape index (κ2) is 9.16. The van der Waals surface area contributed by atoms with Crippen molar-refractivity contribution in [2.45, 2.75) is 17.8 Å². The quantitative estimate of drug-likeness (QED) is 0.257. The van der Waals surface area contributed by atoms with Crippen LogP contribution < -0.4 is 10.1 Å². The molecule has 1 aliphatic carbocycles. The number of carbonyl (C=O) groups is 2. The SMILES string of the molecule is COc1ccc(C2CC23C(=O)Nc2cc(F)c(-c4ccc(-c5ccc(-n6cccn6)cc5)cc4)cc23)cc1C(=O)O. The summed E-state index contributed by atoms with van der Waals surface area (Å²) >= 11 is 0. The van der Waals surface area contributed by atoms with E-state index >= 15 is 4.39 Å². The Bertz CT molecular complexity index is 1830. The Morgan fingerprint density at radius 3 is 2.39 bits per heavy atom. The first-order chi connectivity index (χ1) is 19.9. The van der Waals surface area contributed by atoms with Crippen LogP contribution in [0.4, 0.5) is 10.1 Å². The van der Waals surface area contributed by atoms with E-state index in [4.69, 9.17) is 4.74 Å². The molecule has 0 saturated heterocycles. The second-order valence-corrected chi connectivity index (χ2v) is 10.4. The van der Waals surface area contributed by atoms with Gasteiger partial charge in [-0.2, -0.15) is 5.10 Å². The van der Waals surface area contributed by atoms with Crippen LogP contribution in [0, 0.1) is 5.82 Å². The number of methoxy groups -OCH3 is 1. The number of hydrogen-bond donors (Lipinski definition) is 2. The van der Waals surface area contributed by atoms with Crippen molar-refractivity contribution in [3.63, 3.8) is 0 Å². The Morgan fingerprint density at radius 1 is 1.02 bits per heavy atom. The molecule has 2 N–H and O–H groups in total. The highest BCUT2D eigenvalue weighted by atomic mass is 19.1. The van der Waals surface area contributed by atoms with E-state index in [0.29, 0.717) is 23.2 Å². The van der Waals surface area contributed by atoms with E-state index in [-0.39, 0.29) is 23.1 Å². The Hall–Kier alpha value is -5.24. The highest BCUT2D eigenvalue weighted by Gasteiger charge is 2.65. The number of nitrogens with zero attached hydrogens (tertiary/aromatic N) is 2. The maximum Gasteiger partial charge on any atom is 0.339 e. The van der Waals surface area contributed by atoms with E-state index in [0.717, 1.165) is 27.9 Å². The zero-order valence-electron chi connectivity index (χ0n) is 22.0. The van der Waals surface area contributed by atoms with Crippen LogP contribution in [0.2, 0.25) is 0 Å². The molecule has 1 spiro atoms. The lowest BCUT2D eigenvalue weighted by Crippen LogP contribution is -2.21. The molecule has 2 unspecified atom stereocenters. The Balaban J connectivity index is 1.20. The molecule has 1 aromatic heterocycles. The molecule has 0 bridgehead atoms. The predicted octanol–water partition coefficient (Wildman–Crippen LogP) is 6.43. The molecule has 0 radical (unpaired) electrons. The number of rotatable bonds is 6. The number of ether oxygens (including phenoxy) is 1. The minimum absolute atomic E-state index is 0.0431. The van der Waals surface area contributed by atoms with Gasteiger partial charge in [-0.1, -0.05) is 42.5 Å². The monoisotopic (exact) mass is 545 g/mol. The maximum atomic E-state index is 15.3. The molecule has 8 heteroatoms. The van der Waals surface area contributed by atoms with E-state index in [1.165, 1.54) is 13.2 Å². The molecule has 7 nitrogen and oxygen atoms in total. The van der Waals surface area contributed by atoms with Gasteiger partial charge in [0.15, 0.2) is 0 Å². The first-order valence-corrected chi connectivity index (χ1v) is 13.2. The number of hydrogen-bond acceptors (Lipinski definition) is 4. The van der Waals surface area contributed by atoms with Crippen molar-refractivity contribution in [2.24, 2.45) is 0 Å². The number of aromatic carboxylic acids is 1. The van der Waals surface area contributed by atoms with Crippen LogP contribution in [0.15, 0.2) is 97.3 Å². The summed E-state index contributed by atoms with van der Waals surface area (Å²) in [7, 11) is 1.42. The molecule has 202 valence electrons. The summed E-state index contributed by atoms with van der Waals surface area (Å²) in [6.07, 6.45) is 4.13. The summed E-state index contributed by atoms with van der Waals surface area (Å²) in [4.78, 5) is 25.0. The van der Waals surface area contributed by atoms with Crippen LogP contribution in [0.5, 0.6) is 5.75 Å². The summed E-state index contributed by atoms with van der Waals surface area (Å²) in [5, 5.41) is 16.7. The van der Waals surface area contributed by atoms with E-state index in [1.807, 2.05) is 60.8 Å². The van der Waals surface area contributed by atoms with Crippen molar-refractivity contribution >= 4 is 17.6 Å². The Labute approximate surface area is 234 Å². The standard InChI is InChI=1S/C33H24FN3O4/c1-41-30-12-9-22(15-25(30)31(38)39)27-18-33(27)26-16-24(28(34)17-29(26)36-32(33)40)21-5-3-19(4-6-21)20-7-10-23(11-8-20)37-14-2-13-35-37/h2-17,27H,18H2,1H3,(H,36,40)(H,38,39). The number of fused-ring (bicyclic) bond motifs is 2. The molecule has 1 saturated carbocycles. The third-order valence-corrected chi connectivity index (χ3v) is 8.22. The average Bonchev–Trinajstić information content (AvgIpc) is 3.38. The highest BCUT2D eigenvalue weighted by Crippen LogP contribution is 2.65. The van der Waals surface area contributed by atoms with Crippen LogP contribution in [-0.2, 0) is 10.2 Å². The van der Waals surface area contributed by atoms with Crippen LogP contribution in [0.3, 0.4) is 0 Å². The van der Waals surface area contributed by atoms with Crippen LogP contribution >= 0.6 is 0 Å². The van der Waals surface area contributed by atoms with Gasteiger partial charge in [0, 0.05) is 29.6 Å². The number of halogens is 1. The van der Waals surface area contributed by atoms with E-state index in [2.05, 4.69) is 10.4 Å². The largest absolute Gasteiger partial charge is 0.496 e. The number of anilines is 1. The molecule has 5 aromatic rings. The molecular weight excluding hydrogens is 521 g/mol. The van der Waals surface area contributed by atoms with Crippen LogP contribution in [-0.4, -0.2) is 33.9 Å². The van der Waals surface area contributed by atoms with Gasteiger partial charge in [-0.25, -0.2) is 13.9 Å². The summed E-state index contributed by atoms with van der Waals surface area (Å²) in [5.41, 5.74) is 5.19. The first-order valence-electron chi connectivity index (χ1n) is 13.2. The number of carbonyl (C=O) groups excluding carboxylic acids is 1. The lowest BCUT2D eigenvalue weighted by atomic mass is 9.89. The summed E-state index contributed by atoms with van der Waals surface area (Å²) in [6, 6.07) is 25.7. The van der Waals surface area contributed by atoms with Gasteiger partial charge in [0.05, 0.1) is 18.2 Å². The van der Waals surface area contributed by atoms with E-state index < -0.39 is 17.2 Å². The van der Waals surface area contributed by atoms with Gasteiger partial charge in [0.1, 0.15) is 17.1 Å². The maximum absolute atomic E-state index is 15.3. The smallest absolute Gasteiger partial charge is 0.339 e. The fourth-order valence-corrected chi connectivity index (χ4v) is 6.02. The van der Waals surface area contributed by atoms with E-state index in [1.54, 1.807) is 35.1 Å². The zero-order valence-corrected chi connectivity index (χ0v) is 22.0. The molecule has 2 heterocycles. The minimum atomic E-state index is -1.10. The molecule has 1 aliphatic heterocycles. The lowest BCUT2D eigenvalue weighted by Gasteiger charge is -2.13. The fraction of sp³-hybridized carbons (Fsp3) is 0.121. The van der Waals surface area contributed by atoms with Gasteiger partial charge >= 0.3 is 5.97 Å². The summed E-state index contributed by atoms with van der Waals surface area (Å²) < 4.78 is 22.3. The van der Waals surface area contributed by atoms with Crippen molar-refractivity contribution in [1.29, 1.82) is 0 Å². The molecule has 4 aromatic carbocycles. The average molecular weight is 546 g/mol. The second-order valence-electron chi connectivity index (χ2n) is 10.4. The third-order valence-electron chi connectivity index (χ3n) is 8.22. The van der Waals surface area contributed by atoms with Crippen molar-refractivity contribution in [3.05, 3.63) is 120 Å². The number of aromatic nitrogens is 2. The zero-order chi connectivity index (χ0) is 28.3. The molecular formula is C33H24FN3O4. The van der Waals surface area contributed by atoms with E-state index in [9.17, 15) is 14.7 Å². The van der Waals surface area contributed by atoms with Gasteiger partial charge in [0.25, 0.3) is 0 Å².